The van der Waals surface area contributed by atoms with E-state index in [-0.39, 0.29) is 5.84 Å². The Bertz CT molecular complexity index is 458. The summed E-state index contributed by atoms with van der Waals surface area (Å²) in [4.78, 5) is 8.93. The van der Waals surface area contributed by atoms with Crippen molar-refractivity contribution < 1.29 is 9.94 Å². The van der Waals surface area contributed by atoms with Crippen molar-refractivity contribution in [1.82, 2.24) is 14.8 Å². The highest BCUT2D eigenvalue weighted by atomic mass is 16.5. The molecule has 0 aliphatic carbocycles. The van der Waals surface area contributed by atoms with Crippen LogP contribution in [-0.4, -0.2) is 65.7 Å². The van der Waals surface area contributed by atoms with Crippen molar-refractivity contribution in [1.29, 1.82) is 0 Å². The second-order valence-corrected chi connectivity index (χ2v) is 4.81. The first-order valence-electron chi connectivity index (χ1n) is 6.62. The van der Waals surface area contributed by atoms with Gasteiger partial charge in [0.25, 0.3) is 0 Å². The number of rotatable bonds is 5. The SMILES string of the molecule is COc1cccc(CN2CCN(CC(N)=NO)CC2)n1. The Balaban J connectivity index is 1.82. The lowest BCUT2D eigenvalue weighted by Gasteiger charge is -2.34. The van der Waals surface area contributed by atoms with Crippen LogP contribution in [-0.2, 0) is 6.54 Å². The summed E-state index contributed by atoms with van der Waals surface area (Å²) in [6, 6.07) is 5.81. The van der Waals surface area contributed by atoms with Crippen LogP contribution in [0.5, 0.6) is 5.88 Å². The van der Waals surface area contributed by atoms with Gasteiger partial charge in [0.15, 0.2) is 5.84 Å². The number of hydrogen-bond donors (Lipinski definition) is 2. The van der Waals surface area contributed by atoms with E-state index in [1.54, 1.807) is 7.11 Å². The zero-order valence-electron chi connectivity index (χ0n) is 11.7. The van der Waals surface area contributed by atoms with E-state index in [2.05, 4.69) is 19.9 Å². The number of hydrogen-bond acceptors (Lipinski definition) is 6. The van der Waals surface area contributed by atoms with E-state index < -0.39 is 0 Å². The van der Waals surface area contributed by atoms with Crippen LogP contribution in [0.25, 0.3) is 0 Å². The van der Waals surface area contributed by atoms with Gasteiger partial charge >= 0.3 is 0 Å². The molecule has 1 aliphatic heterocycles. The average molecular weight is 279 g/mol. The standard InChI is InChI=1S/C13H21N5O2/c1-20-13-4-2-3-11(15-13)9-17-5-7-18(8-6-17)10-12(14)16-19/h2-4,19H,5-10H2,1H3,(H2,14,16). The first-order valence-corrected chi connectivity index (χ1v) is 6.62. The summed E-state index contributed by atoms with van der Waals surface area (Å²) >= 11 is 0. The van der Waals surface area contributed by atoms with Crippen LogP contribution < -0.4 is 10.5 Å². The lowest BCUT2D eigenvalue weighted by Crippen LogP contribution is -2.48. The molecule has 0 bridgehead atoms. The third kappa shape index (κ3) is 4.07. The van der Waals surface area contributed by atoms with Crippen molar-refractivity contribution in [2.45, 2.75) is 6.54 Å². The first-order chi connectivity index (χ1) is 9.71. The molecule has 0 atom stereocenters. The highest BCUT2D eigenvalue weighted by molar-refractivity contribution is 5.81. The van der Waals surface area contributed by atoms with E-state index in [0.29, 0.717) is 12.4 Å². The maximum Gasteiger partial charge on any atom is 0.213 e. The molecule has 1 aliphatic rings. The quantitative estimate of drug-likeness (QED) is 0.340. The molecule has 2 rings (SSSR count). The second-order valence-electron chi connectivity index (χ2n) is 4.81. The predicted octanol–water partition coefficient (Wildman–Crippen LogP) is -0.0458. The lowest BCUT2D eigenvalue weighted by atomic mass is 10.2. The van der Waals surface area contributed by atoms with Crippen LogP contribution in [0.15, 0.2) is 23.4 Å². The molecule has 7 heteroatoms. The third-order valence-electron chi connectivity index (χ3n) is 3.35. The molecule has 3 N–H and O–H groups in total. The van der Waals surface area contributed by atoms with E-state index in [1.807, 2.05) is 18.2 Å². The van der Waals surface area contributed by atoms with Crippen molar-refractivity contribution in [3.05, 3.63) is 23.9 Å². The number of methoxy groups -OCH3 is 1. The maximum atomic E-state index is 8.57. The molecule has 1 aromatic heterocycles. The minimum Gasteiger partial charge on any atom is -0.481 e. The highest BCUT2D eigenvalue weighted by Crippen LogP contribution is 2.10. The number of oxime groups is 1. The molecule has 0 amide bonds. The summed E-state index contributed by atoms with van der Waals surface area (Å²) in [6.07, 6.45) is 0. The summed E-state index contributed by atoms with van der Waals surface area (Å²) in [5.41, 5.74) is 6.52. The van der Waals surface area contributed by atoms with Crippen LogP contribution in [0, 0.1) is 0 Å². The molecule has 7 nitrogen and oxygen atoms in total. The molecule has 0 spiro atoms. The minimum absolute atomic E-state index is 0.257. The Morgan fingerprint density at radius 3 is 2.70 bits per heavy atom. The van der Waals surface area contributed by atoms with Crippen molar-refractivity contribution in [2.24, 2.45) is 10.9 Å². The zero-order chi connectivity index (χ0) is 14.4. The van der Waals surface area contributed by atoms with E-state index in [4.69, 9.17) is 15.7 Å². The number of amidine groups is 1. The van der Waals surface area contributed by atoms with Gasteiger partial charge in [-0.3, -0.25) is 9.80 Å². The monoisotopic (exact) mass is 279 g/mol. The van der Waals surface area contributed by atoms with Gasteiger partial charge < -0.3 is 15.7 Å². The largest absolute Gasteiger partial charge is 0.481 e. The maximum absolute atomic E-state index is 8.57. The molecular weight excluding hydrogens is 258 g/mol. The van der Waals surface area contributed by atoms with Gasteiger partial charge in [-0.2, -0.15) is 0 Å². The van der Waals surface area contributed by atoms with Crippen molar-refractivity contribution >= 4 is 5.84 Å². The minimum atomic E-state index is 0.257. The average Bonchev–Trinajstić information content (AvgIpc) is 2.49. The van der Waals surface area contributed by atoms with Crippen LogP contribution in [0.1, 0.15) is 5.69 Å². The lowest BCUT2D eigenvalue weighted by molar-refractivity contribution is 0.137. The van der Waals surface area contributed by atoms with Crippen LogP contribution in [0.4, 0.5) is 0 Å². The summed E-state index contributed by atoms with van der Waals surface area (Å²) < 4.78 is 5.13. The molecule has 0 saturated carbocycles. The Morgan fingerprint density at radius 1 is 1.35 bits per heavy atom. The molecule has 1 saturated heterocycles. The first kappa shape index (κ1) is 14.5. The van der Waals surface area contributed by atoms with Gasteiger partial charge in [0.1, 0.15) is 0 Å². The Kier molecular flexibility index (Phi) is 5.14. The van der Waals surface area contributed by atoms with Gasteiger partial charge in [0.2, 0.25) is 5.88 Å². The number of nitrogens with two attached hydrogens (primary N) is 1. The van der Waals surface area contributed by atoms with Gasteiger partial charge in [-0.05, 0) is 6.07 Å². The fourth-order valence-electron chi connectivity index (χ4n) is 2.25. The highest BCUT2D eigenvalue weighted by Gasteiger charge is 2.18. The van der Waals surface area contributed by atoms with Gasteiger partial charge in [-0.25, -0.2) is 4.98 Å². The molecule has 2 heterocycles. The van der Waals surface area contributed by atoms with Gasteiger partial charge in [0, 0.05) is 38.8 Å². The van der Waals surface area contributed by atoms with E-state index in [9.17, 15) is 0 Å². The number of piperazine rings is 1. The van der Waals surface area contributed by atoms with Crippen molar-refractivity contribution in [2.75, 3.05) is 39.8 Å². The van der Waals surface area contributed by atoms with Crippen LogP contribution >= 0.6 is 0 Å². The summed E-state index contributed by atoms with van der Waals surface area (Å²) in [7, 11) is 1.62. The third-order valence-corrected chi connectivity index (χ3v) is 3.35. The zero-order valence-corrected chi connectivity index (χ0v) is 11.7. The fourth-order valence-corrected chi connectivity index (χ4v) is 2.25. The van der Waals surface area contributed by atoms with E-state index in [1.165, 1.54) is 0 Å². The van der Waals surface area contributed by atoms with Gasteiger partial charge in [0.05, 0.1) is 19.3 Å². The smallest absolute Gasteiger partial charge is 0.213 e. The summed E-state index contributed by atoms with van der Waals surface area (Å²) in [5, 5.41) is 11.6. The van der Waals surface area contributed by atoms with E-state index in [0.717, 1.165) is 38.4 Å². The Morgan fingerprint density at radius 2 is 2.05 bits per heavy atom. The van der Waals surface area contributed by atoms with Crippen molar-refractivity contribution in [3.63, 3.8) is 0 Å². The second kappa shape index (κ2) is 7.06. The molecule has 1 aromatic rings. The van der Waals surface area contributed by atoms with Gasteiger partial charge in [-0.1, -0.05) is 11.2 Å². The normalized spacial score (nSPS) is 18.1. The van der Waals surface area contributed by atoms with Crippen LogP contribution in [0.3, 0.4) is 0 Å². The molecular formula is C13H21N5O2. The van der Waals surface area contributed by atoms with E-state index >= 15 is 0 Å². The topological polar surface area (TPSA) is 87.2 Å². The summed E-state index contributed by atoms with van der Waals surface area (Å²) in [6.45, 7) is 5.02. The van der Waals surface area contributed by atoms with Gasteiger partial charge in [-0.15, -0.1) is 0 Å². The number of ether oxygens (including phenoxy) is 1. The molecule has 110 valence electrons. The molecule has 0 radical (unpaired) electrons. The summed E-state index contributed by atoms with van der Waals surface area (Å²) in [5.74, 6) is 0.904. The molecule has 20 heavy (non-hydrogen) atoms. The molecule has 1 fully saturated rings. The number of aromatic nitrogens is 1. The predicted molar refractivity (Wildman–Crippen MR) is 75.9 cm³/mol. The number of nitrogens with zero attached hydrogens (tertiary/aromatic N) is 4. The number of pyridine rings is 1. The Hall–Kier alpha value is -1.86. The van der Waals surface area contributed by atoms with Crippen LogP contribution in [0.2, 0.25) is 0 Å². The fraction of sp³-hybridized carbons (Fsp3) is 0.538. The van der Waals surface area contributed by atoms with Crippen molar-refractivity contribution in [3.8, 4) is 5.88 Å². The Labute approximate surface area is 118 Å². The molecule has 0 aromatic carbocycles. The molecule has 0 unspecified atom stereocenters.